The summed E-state index contributed by atoms with van der Waals surface area (Å²) in [7, 11) is 0. The van der Waals surface area contributed by atoms with Crippen LogP contribution < -0.4 is 25.5 Å². The minimum atomic E-state index is -0.00534. The van der Waals surface area contributed by atoms with E-state index in [0.29, 0.717) is 0 Å². The molecule has 0 fully saturated rings. The van der Waals surface area contributed by atoms with Crippen molar-refractivity contribution in [3.8, 4) is 22.3 Å². The van der Waals surface area contributed by atoms with Gasteiger partial charge in [-0.3, -0.25) is 0 Å². The number of anilines is 6. The number of aryl methyl sites for hydroxylation is 4. The summed E-state index contributed by atoms with van der Waals surface area (Å²) in [6, 6.07) is 51.7. The fraction of sp³-hybridized carbons (Fsp3) is 0.267. The summed E-state index contributed by atoms with van der Waals surface area (Å²) in [5.74, 6) is 0. The Bertz CT molecular complexity index is 3180. The summed E-state index contributed by atoms with van der Waals surface area (Å²) in [6.07, 6.45) is 2.34. The maximum Gasteiger partial charge on any atom is 0.264 e. The first-order valence-corrected chi connectivity index (χ1v) is 24.2. The molecule has 64 heavy (non-hydrogen) atoms. The smallest absolute Gasteiger partial charge is 0.264 e. The SMILES string of the molecule is Cc1cc(C)c(-c2ccc3sc4c(c3c2)N(c2ccccc2)c2cc(C)cc3c2B4c2cc4c(cc2N3c2ccc(C(C)(C)C)cc2-c2ccccc2)C(C)(C)CCC4(C)C)c(C)c1. The molecule has 1 aromatic heterocycles. The number of thiophene rings is 1. The van der Waals surface area contributed by atoms with Crippen LogP contribution in [0.2, 0.25) is 0 Å². The normalized spacial score (nSPS) is 15.8. The molecule has 11 rings (SSSR count). The van der Waals surface area contributed by atoms with Crippen LogP contribution in [0, 0.1) is 27.7 Å². The van der Waals surface area contributed by atoms with Crippen LogP contribution in [-0.2, 0) is 16.2 Å². The quantitative estimate of drug-likeness (QED) is 0.163. The van der Waals surface area contributed by atoms with E-state index in [1.807, 2.05) is 11.3 Å². The van der Waals surface area contributed by atoms with Gasteiger partial charge in [0.1, 0.15) is 0 Å². The molecule has 3 heterocycles. The fourth-order valence-electron chi connectivity index (χ4n) is 11.6. The Labute approximate surface area is 385 Å². The van der Waals surface area contributed by atoms with Gasteiger partial charge >= 0.3 is 0 Å². The minimum Gasteiger partial charge on any atom is -0.311 e. The summed E-state index contributed by atoms with van der Waals surface area (Å²) < 4.78 is 2.75. The zero-order valence-electron chi connectivity index (χ0n) is 39.5. The molecular formula is C60H59BN2S. The maximum absolute atomic E-state index is 2.68. The third-order valence-electron chi connectivity index (χ3n) is 14.9. The van der Waals surface area contributed by atoms with E-state index >= 15 is 0 Å². The van der Waals surface area contributed by atoms with Gasteiger partial charge < -0.3 is 9.80 Å². The van der Waals surface area contributed by atoms with E-state index in [1.54, 1.807) is 0 Å². The molecule has 8 aromatic rings. The summed E-state index contributed by atoms with van der Waals surface area (Å²) in [6.45, 7) is 26.0. The summed E-state index contributed by atoms with van der Waals surface area (Å²) in [4.78, 5) is 5.29. The highest BCUT2D eigenvalue weighted by Gasteiger charge is 2.48. The van der Waals surface area contributed by atoms with E-state index in [1.165, 1.54) is 134 Å². The number of rotatable bonds is 4. The van der Waals surface area contributed by atoms with Gasteiger partial charge in [0.2, 0.25) is 0 Å². The van der Waals surface area contributed by atoms with Crippen molar-refractivity contribution in [2.75, 3.05) is 9.80 Å². The topological polar surface area (TPSA) is 6.48 Å². The molecule has 2 nitrogen and oxygen atoms in total. The van der Waals surface area contributed by atoms with Crippen molar-refractivity contribution in [2.45, 2.75) is 105 Å². The molecule has 0 N–H and O–H groups in total. The third-order valence-corrected chi connectivity index (χ3v) is 16.2. The lowest BCUT2D eigenvalue weighted by atomic mass is 9.35. The predicted octanol–water partition coefficient (Wildman–Crippen LogP) is 15.2. The van der Waals surface area contributed by atoms with E-state index in [9.17, 15) is 0 Å². The summed E-state index contributed by atoms with van der Waals surface area (Å²) in [5.41, 5.74) is 25.2. The molecule has 0 atom stereocenters. The van der Waals surface area contributed by atoms with Crippen molar-refractivity contribution < 1.29 is 0 Å². The summed E-state index contributed by atoms with van der Waals surface area (Å²) >= 11 is 2.00. The Balaban J connectivity index is 1.27. The zero-order valence-corrected chi connectivity index (χ0v) is 40.3. The number of para-hydroxylation sites is 1. The van der Waals surface area contributed by atoms with Gasteiger partial charge in [-0.05, 0) is 172 Å². The standard InChI is InChI=1S/C60H59BN2S/c1-36-28-38(3)54(39(4)29-36)41-22-25-53-45(32-41)56-57(64-53)61-48-34-46-47(60(10,11)27-26-59(46,8)9)35-50(48)63(49-24-23-42(58(5,6)7)33-44(49)40-18-14-12-15-19-40)52-31-37(2)30-51(55(52)61)62(56)43-20-16-13-17-21-43/h12-25,28-35H,26-27H2,1-11H3. The molecule has 0 bridgehead atoms. The average Bonchev–Trinajstić information content (AvgIpc) is 3.63. The number of nitrogens with zero attached hydrogens (tertiary/aromatic N) is 2. The predicted molar refractivity (Wildman–Crippen MR) is 280 cm³/mol. The number of benzene rings is 7. The molecule has 0 radical (unpaired) electrons. The van der Waals surface area contributed by atoms with Crippen LogP contribution in [0.25, 0.3) is 32.3 Å². The van der Waals surface area contributed by atoms with Crippen LogP contribution in [0.3, 0.4) is 0 Å². The molecule has 0 amide bonds. The molecule has 2 aliphatic heterocycles. The lowest BCUT2D eigenvalue weighted by Gasteiger charge is -2.47. The van der Waals surface area contributed by atoms with Crippen LogP contribution in [-0.4, -0.2) is 6.71 Å². The highest BCUT2D eigenvalue weighted by molar-refractivity contribution is 7.33. The van der Waals surface area contributed by atoms with E-state index in [0.717, 1.165) is 0 Å². The first-order valence-electron chi connectivity index (χ1n) is 23.3. The number of hydrogen-bond acceptors (Lipinski definition) is 3. The van der Waals surface area contributed by atoms with Gasteiger partial charge in [0.25, 0.3) is 6.71 Å². The maximum atomic E-state index is 2.68. The Morgan fingerprint density at radius 1 is 0.562 bits per heavy atom. The molecule has 0 unspecified atom stereocenters. The molecule has 4 heteroatoms. The second-order valence-electron chi connectivity index (χ2n) is 21.5. The number of hydrogen-bond donors (Lipinski definition) is 0. The molecule has 0 saturated carbocycles. The van der Waals surface area contributed by atoms with Crippen molar-refractivity contribution in [3.05, 3.63) is 172 Å². The van der Waals surface area contributed by atoms with Gasteiger partial charge in [-0.2, -0.15) is 0 Å². The van der Waals surface area contributed by atoms with Gasteiger partial charge in [-0.15, -0.1) is 11.3 Å². The number of fused-ring (bicyclic) bond motifs is 7. The summed E-state index contributed by atoms with van der Waals surface area (Å²) in [5, 5.41) is 1.32. The Morgan fingerprint density at radius 3 is 1.83 bits per heavy atom. The average molecular weight is 851 g/mol. The molecule has 1 aliphatic carbocycles. The largest absolute Gasteiger partial charge is 0.311 e. The van der Waals surface area contributed by atoms with Crippen molar-refractivity contribution in [2.24, 2.45) is 0 Å². The van der Waals surface area contributed by atoms with Gasteiger partial charge in [-0.25, -0.2) is 0 Å². The highest BCUT2D eigenvalue weighted by Crippen LogP contribution is 2.53. The van der Waals surface area contributed by atoms with Gasteiger partial charge in [0.05, 0.1) is 11.4 Å². The fourth-order valence-corrected chi connectivity index (χ4v) is 12.9. The first kappa shape index (κ1) is 40.9. The molecule has 0 saturated heterocycles. The van der Waals surface area contributed by atoms with E-state index < -0.39 is 0 Å². The Hall–Kier alpha value is -5.84. The van der Waals surface area contributed by atoms with E-state index in [2.05, 4.69) is 219 Å². The van der Waals surface area contributed by atoms with Crippen molar-refractivity contribution in [1.29, 1.82) is 0 Å². The van der Waals surface area contributed by atoms with Crippen molar-refractivity contribution in [3.63, 3.8) is 0 Å². The first-order chi connectivity index (χ1) is 30.5. The van der Waals surface area contributed by atoms with Crippen LogP contribution in [0.5, 0.6) is 0 Å². The van der Waals surface area contributed by atoms with Gasteiger partial charge in [0.15, 0.2) is 0 Å². The second kappa shape index (κ2) is 14.3. The Morgan fingerprint density at radius 2 is 1.17 bits per heavy atom. The molecule has 7 aromatic carbocycles. The molecule has 0 spiro atoms. The van der Waals surface area contributed by atoms with Crippen molar-refractivity contribution in [1.82, 2.24) is 0 Å². The van der Waals surface area contributed by atoms with E-state index in [4.69, 9.17) is 0 Å². The monoisotopic (exact) mass is 850 g/mol. The molecule has 318 valence electrons. The van der Waals surface area contributed by atoms with Gasteiger partial charge in [-0.1, -0.05) is 133 Å². The minimum absolute atomic E-state index is 0.00534. The molecular weight excluding hydrogens is 792 g/mol. The lowest BCUT2D eigenvalue weighted by molar-refractivity contribution is 0.332. The highest BCUT2D eigenvalue weighted by atomic mass is 32.1. The van der Waals surface area contributed by atoms with Crippen LogP contribution >= 0.6 is 11.3 Å². The van der Waals surface area contributed by atoms with Crippen molar-refractivity contribution >= 4 is 78.0 Å². The van der Waals surface area contributed by atoms with E-state index in [-0.39, 0.29) is 23.0 Å². The lowest BCUT2D eigenvalue weighted by Crippen LogP contribution is -2.61. The third kappa shape index (κ3) is 6.27. The Kier molecular flexibility index (Phi) is 9.16. The van der Waals surface area contributed by atoms with Crippen LogP contribution in [0.1, 0.15) is 100 Å². The zero-order chi connectivity index (χ0) is 44.6. The molecule has 3 aliphatic rings. The van der Waals surface area contributed by atoms with Gasteiger partial charge in [0, 0.05) is 43.2 Å². The van der Waals surface area contributed by atoms with Crippen LogP contribution in [0.4, 0.5) is 34.1 Å². The second-order valence-corrected chi connectivity index (χ2v) is 22.6. The van der Waals surface area contributed by atoms with Crippen LogP contribution in [0.15, 0.2) is 133 Å².